The number of nitrogens with two attached hydrogens (primary N) is 1. The molecule has 3 N–H and O–H groups in total. The number of carbonyl (C=O) groups is 1. The molecule has 1 amide bonds. The Kier molecular flexibility index (Phi) is 9.28. The largest absolute Gasteiger partial charge is 0.392 e. The van der Waals surface area contributed by atoms with Crippen molar-refractivity contribution in [3.63, 3.8) is 0 Å². The number of hydrogen-bond acceptors (Lipinski definition) is 3. The first-order valence-electron chi connectivity index (χ1n) is 13.6. The maximum atomic E-state index is 12.3. The number of amides is 1. The van der Waals surface area contributed by atoms with Crippen LogP contribution in [0.25, 0.3) is 0 Å². The van der Waals surface area contributed by atoms with Crippen molar-refractivity contribution in [3.8, 4) is 0 Å². The maximum Gasteiger partial charge on any atom is 0.223 e. The van der Waals surface area contributed by atoms with Crippen molar-refractivity contribution >= 4 is 5.91 Å². The molecule has 2 aliphatic carbocycles. The molecular formula is C27H49NO3. The lowest BCUT2D eigenvalue weighted by atomic mass is 9.47. The zero-order chi connectivity index (χ0) is 22.3. The van der Waals surface area contributed by atoms with Gasteiger partial charge in [-0.1, -0.05) is 90.9 Å². The van der Waals surface area contributed by atoms with Crippen LogP contribution in [0.3, 0.4) is 0 Å². The minimum absolute atomic E-state index is 0.180. The highest BCUT2D eigenvalue weighted by atomic mass is 16.5. The maximum absolute atomic E-state index is 12.3. The third-order valence-electron chi connectivity index (χ3n) is 9.18. The molecule has 4 heteroatoms. The summed E-state index contributed by atoms with van der Waals surface area (Å²) in [5.74, 6) is -0.197. The van der Waals surface area contributed by atoms with Gasteiger partial charge in [-0.2, -0.15) is 0 Å². The molecule has 3 rings (SSSR count). The van der Waals surface area contributed by atoms with Crippen LogP contribution in [0.1, 0.15) is 123 Å². The molecule has 3 fully saturated rings. The fraction of sp³-hybridized carbons (Fsp3) is 0.963. The van der Waals surface area contributed by atoms with E-state index in [0.717, 1.165) is 25.9 Å². The van der Waals surface area contributed by atoms with Crippen LogP contribution in [-0.4, -0.2) is 29.3 Å². The molecule has 0 radical (unpaired) electrons. The van der Waals surface area contributed by atoms with Gasteiger partial charge in [-0.25, -0.2) is 0 Å². The number of ether oxygens (including phenoxy) is 1. The molecule has 1 saturated heterocycles. The second-order valence-corrected chi connectivity index (χ2v) is 11.0. The molecule has 0 aromatic rings. The normalized spacial score (nSPS) is 37.4. The van der Waals surface area contributed by atoms with E-state index in [1.807, 2.05) is 0 Å². The summed E-state index contributed by atoms with van der Waals surface area (Å²) in [6, 6.07) is 0. The highest BCUT2D eigenvalue weighted by Crippen LogP contribution is 2.64. The van der Waals surface area contributed by atoms with Crippen LogP contribution in [-0.2, 0) is 9.53 Å². The van der Waals surface area contributed by atoms with E-state index in [1.165, 1.54) is 83.5 Å². The summed E-state index contributed by atoms with van der Waals surface area (Å²) < 4.78 is 6.61. The van der Waals surface area contributed by atoms with E-state index in [1.54, 1.807) is 0 Å². The van der Waals surface area contributed by atoms with E-state index >= 15 is 0 Å². The molecule has 0 aromatic heterocycles. The number of carbonyl (C=O) groups excluding carboxylic acids is 1. The molecule has 180 valence electrons. The van der Waals surface area contributed by atoms with E-state index in [0.29, 0.717) is 12.3 Å². The lowest BCUT2D eigenvalue weighted by Gasteiger charge is -2.68. The Morgan fingerprint density at radius 1 is 0.935 bits per heavy atom. The number of primary amides is 1. The monoisotopic (exact) mass is 435 g/mol. The van der Waals surface area contributed by atoms with E-state index in [2.05, 4.69) is 13.8 Å². The third-order valence-corrected chi connectivity index (χ3v) is 9.18. The lowest BCUT2D eigenvalue weighted by Crippen LogP contribution is -2.73. The van der Waals surface area contributed by atoms with Crippen molar-refractivity contribution in [2.24, 2.45) is 28.9 Å². The van der Waals surface area contributed by atoms with Crippen LogP contribution in [0.2, 0.25) is 0 Å². The smallest absolute Gasteiger partial charge is 0.223 e. The van der Waals surface area contributed by atoms with Gasteiger partial charge in [0.15, 0.2) is 0 Å². The van der Waals surface area contributed by atoms with Crippen LogP contribution >= 0.6 is 0 Å². The predicted molar refractivity (Wildman–Crippen MR) is 127 cm³/mol. The molecule has 1 aliphatic heterocycles. The SMILES string of the molecule is CCCCCCCCC1(CCCCCC)COC12CC(C(N)=O)C(O)C1CCCCC12. The quantitative estimate of drug-likeness (QED) is 0.341. The summed E-state index contributed by atoms with van der Waals surface area (Å²) in [4.78, 5) is 12.3. The highest BCUT2D eigenvalue weighted by Gasteiger charge is 2.68. The minimum Gasteiger partial charge on any atom is -0.392 e. The fourth-order valence-electron chi connectivity index (χ4n) is 7.38. The molecule has 1 spiro atoms. The molecule has 6 atom stereocenters. The summed E-state index contributed by atoms with van der Waals surface area (Å²) in [5.41, 5.74) is 5.77. The van der Waals surface area contributed by atoms with Crippen molar-refractivity contribution in [1.29, 1.82) is 0 Å². The third kappa shape index (κ3) is 5.16. The molecule has 1 heterocycles. The van der Waals surface area contributed by atoms with Gasteiger partial charge in [0.25, 0.3) is 0 Å². The first-order valence-corrected chi connectivity index (χ1v) is 13.6. The second kappa shape index (κ2) is 11.5. The number of fused-ring (bicyclic) bond motifs is 2. The number of hydrogen-bond donors (Lipinski definition) is 2. The number of rotatable bonds is 13. The molecule has 4 nitrogen and oxygen atoms in total. The van der Waals surface area contributed by atoms with Gasteiger partial charge >= 0.3 is 0 Å². The Labute approximate surface area is 191 Å². The summed E-state index contributed by atoms with van der Waals surface area (Å²) in [5, 5.41) is 11.0. The van der Waals surface area contributed by atoms with Crippen LogP contribution in [0, 0.1) is 23.2 Å². The molecule has 31 heavy (non-hydrogen) atoms. The predicted octanol–water partition coefficient (Wildman–Crippen LogP) is 6.14. The van der Waals surface area contributed by atoms with Crippen LogP contribution < -0.4 is 5.73 Å². The molecule has 6 unspecified atom stereocenters. The Morgan fingerprint density at radius 2 is 1.52 bits per heavy atom. The van der Waals surface area contributed by atoms with E-state index in [9.17, 15) is 9.90 Å². The van der Waals surface area contributed by atoms with Gasteiger partial charge in [0.2, 0.25) is 5.91 Å². The fourth-order valence-corrected chi connectivity index (χ4v) is 7.38. The zero-order valence-corrected chi connectivity index (χ0v) is 20.4. The van der Waals surface area contributed by atoms with Gasteiger partial charge in [-0.3, -0.25) is 4.79 Å². The van der Waals surface area contributed by atoms with Crippen LogP contribution in [0.5, 0.6) is 0 Å². The Morgan fingerprint density at radius 3 is 2.10 bits per heavy atom. The summed E-state index contributed by atoms with van der Waals surface area (Å²) in [6.45, 7) is 5.39. The first kappa shape index (κ1) is 25.0. The zero-order valence-electron chi connectivity index (χ0n) is 20.4. The van der Waals surface area contributed by atoms with Crippen molar-refractivity contribution < 1.29 is 14.6 Å². The van der Waals surface area contributed by atoms with Gasteiger partial charge < -0.3 is 15.6 Å². The first-order chi connectivity index (χ1) is 15.0. The van der Waals surface area contributed by atoms with Crippen LogP contribution in [0.4, 0.5) is 0 Å². The molecule has 2 saturated carbocycles. The Hall–Kier alpha value is -0.610. The van der Waals surface area contributed by atoms with E-state index in [-0.39, 0.29) is 22.8 Å². The van der Waals surface area contributed by atoms with Gasteiger partial charge in [0, 0.05) is 5.41 Å². The number of aliphatic hydroxyl groups is 1. The molecule has 0 aromatic carbocycles. The van der Waals surface area contributed by atoms with Gasteiger partial charge in [0.1, 0.15) is 0 Å². The molecule has 3 aliphatic rings. The minimum atomic E-state index is -0.579. The average molecular weight is 436 g/mol. The molecule has 0 bridgehead atoms. The van der Waals surface area contributed by atoms with Crippen molar-refractivity contribution in [1.82, 2.24) is 0 Å². The number of unbranched alkanes of at least 4 members (excludes halogenated alkanes) is 8. The van der Waals surface area contributed by atoms with Crippen molar-refractivity contribution in [2.45, 2.75) is 135 Å². The second-order valence-electron chi connectivity index (χ2n) is 11.0. The number of aliphatic hydroxyl groups excluding tert-OH is 1. The highest BCUT2D eigenvalue weighted by molar-refractivity contribution is 5.77. The van der Waals surface area contributed by atoms with Gasteiger partial charge in [-0.05, 0) is 43.9 Å². The Balaban J connectivity index is 1.78. The van der Waals surface area contributed by atoms with Gasteiger partial charge in [-0.15, -0.1) is 0 Å². The van der Waals surface area contributed by atoms with E-state index < -0.39 is 12.0 Å². The molecular weight excluding hydrogens is 386 g/mol. The van der Waals surface area contributed by atoms with Gasteiger partial charge in [0.05, 0.1) is 24.2 Å². The standard InChI is InChI=1S/C27H49NO3/c1-3-5-7-9-10-14-18-26(17-13-8-6-4-2)20-31-27(26)19-22(25(28)30)24(29)21-15-11-12-16-23(21)27/h21-24,29H,3-20H2,1-2H3,(H2,28,30). The summed E-state index contributed by atoms with van der Waals surface area (Å²) in [6.07, 6.45) is 20.0. The van der Waals surface area contributed by atoms with E-state index in [4.69, 9.17) is 10.5 Å². The van der Waals surface area contributed by atoms with Crippen LogP contribution in [0.15, 0.2) is 0 Å². The lowest BCUT2D eigenvalue weighted by molar-refractivity contribution is -0.335. The van der Waals surface area contributed by atoms with Crippen molar-refractivity contribution in [3.05, 3.63) is 0 Å². The topological polar surface area (TPSA) is 72.5 Å². The summed E-state index contributed by atoms with van der Waals surface area (Å²) in [7, 11) is 0. The van der Waals surface area contributed by atoms with Crippen molar-refractivity contribution in [2.75, 3.05) is 6.61 Å². The Bertz CT molecular complexity index is 567. The average Bonchev–Trinajstić information content (AvgIpc) is 2.77. The summed E-state index contributed by atoms with van der Waals surface area (Å²) >= 11 is 0.